The molecule has 3 N–H and O–H groups in total. The number of hydrogen-bond acceptors (Lipinski definition) is 3. The normalized spacial score (nSPS) is 12.2. The van der Waals surface area contributed by atoms with Crippen molar-refractivity contribution in [3.05, 3.63) is 33.3 Å². The van der Waals surface area contributed by atoms with Crippen LogP contribution >= 0.6 is 27.5 Å². The van der Waals surface area contributed by atoms with Gasteiger partial charge < -0.3 is 15.7 Å². The van der Waals surface area contributed by atoms with Gasteiger partial charge in [-0.3, -0.25) is 4.79 Å². The summed E-state index contributed by atoms with van der Waals surface area (Å²) in [5.74, 6) is -0.147. The Morgan fingerprint density at radius 1 is 1.50 bits per heavy atom. The topological polar surface area (TPSA) is 61.4 Å². The van der Waals surface area contributed by atoms with Crippen LogP contribution in [0.1, 0.15) is 17.3 Å². The van der Waals surface area contributed by atoms with Crippen molar-refractivity contribution in [3.8, 4) is 0 Å². The van der Waals surface area contributed by atoms with Crippen molar-refractivity contribution >= 4 is 33.4 Å². The van der Waals surface area contributed by atoms with Crippen LogP contribution in [0.4, 0.5) is 0 Å². The average Bonchev–Trinajstić information content (AvgIpc) is 2.31. The zero-order chi connectivity index (χ0) is 13.5. The maximum absolute atomic E-state index is 11.8. The molecule has 0 spiro atoms. The van der Waals surface area contributed by atoms with E-state index in [1.807, 2.05) is 0 Å². The molecule has 0 radical (unpaired) electrons. The highest BCUT2D eigenvalue weighted by molar-refractivity contribution is 9.10. The van der Waals surface area contributed by atoms with Gasteiger partial charge in [0.2, 0.25) is 0 Å². The summed E-state index contributed by atoms with van der Waals surface area (Å²) in [6.45, 7) is 3.34. The Morgan fingerprint density at radius 3 is 2.83 bits per heavy atom. The number of carbonyl (C=O) groups excluding carboxylic acids is 1. The molecule has 1 aromatic carbocycles. The maximum atomic E-state index is 11.8. The van der Waals surface area contributed by atoms with Crippen LogP contribution in [0.25, 0.3) is 0 Å². The van der Waals surface area contributed by atoms with E-state index in [1.165, 1.54) is 0 Å². The number of aliphatic hydroxyl groups excluding tert-OH is 1. The molecule has 4 nitrogen and oxygen atoms in total. The van der Waals surface area contributed by atoms with Gasteiger partial charge in [0, 0.05) is 29.7 Å². The Kier molecular flexibility index (Phi) is 6.63. The van der Waals surface area contributed by atoms with Gasteiger partial charge >= 0.3 is 0 Å². The van der Waals surface area contributed by atoms with Crippen LogP contribution in [-0.2, 0) is 0 Å². The second-order valence-electron chi connectivity index (χ2n) is 3.94. The van der Waals surface area contributed by atoms with Crippen LogP contribution in [0.15, 0.2) is 22.7 Å². The fraction of sp³-hybridized carbons (Fsp3) is 0.417. The van der Waals surface area contributed by atoms with Crippen LogP contribution < -0.4 is 10.6 Å². The highest BCUT2D eigenvalue weighted by Gasteiger charge is 2.06. The Bertz CT molecular complexity index is 413. The lowest BCUT2D eigenvalue weighted by atomic mass is 10.2. The first-order valence-corrected chi connectivity index (χ1v) is 6.80. The van der Waals surface area contributed by atoms with Crippen molar-refractivity contribution in [1.29, 1.82) is 0 Å². The van der Waals surface area contributed by atoms with Crippen LogP contribution in [-0.4, -0.2) is 36.8 Å². The number of hydrogen-bond donors (Lipinski definition) is 3. The lowest BCUT2D eigenvalue weighted by Crippen LogP contribution is -2.34. The van der Waals surface area contributed by atoms with Gasteiger partial charge in [0.15, 0.2) is 0 Å². The van der Waals surface area contributed by atoms with Gasteiger partial charge in [0.1, 0.15) is 0 Å². The average molecular weight is 336 g/mol. The van der Waals surface area contributed by atoms with Gasteiger partial charge in [0.05, 0.1) is 11.1 Å². The summed E-state index contributed by atoms with van der Waals surface area (Å²) in [6.07, 6.45) is -0.382. The molecular weight excluding hydrogens is 320 g/mol. The first kappa shape index (κ1) is 15.4. The first-order valence-electron chi connectivity index (χ1n) is 5.62. The molecular formula is C12H16BrClN2O2. The quantitative estimate of drug-likeness (QED) is 0.695. The van der Waals surface area contributed by atoms with Crippen LogP contribution in [0.3, 0.4) is 0 Å². The fourth-order valence-electron chi connectivity index (χ4n) is 1.31. The van der Waals surface area contributed by atoms with Gasteiger partial charge in [0.25, 0.3) is 5.91 Å². The molecule has 0 bridgehead atoms. The summed E-state index contributed by atoms with van der Waals surface area (Å²) in [5.41, 5.74) is 0.557. The van der Waals surface area contributed by atoms with E-state index in [-0.39, 0.29) is 12.0 Å². The molecule has 1 rings (SSSR count). The molecule has 1 aromatic rings. The van der Waals surface area contributed by atoms with Crippen LogP contribution in [0.2, 0.25) is 5.02 Å². The summed E-state index contributed by atoms with van der Waals surface area (Å²) in [4.78, 5) is 11.8. The van der Waals surface area contributed by atoms with Gasteiger partial charge in [-0.15, -0.1) is 0 Å². The molecule has 0 aromatic heterocycles. The number of halogens is 2. The summed E-state index contributed by atoms with van der Waals surface area (Å²) in [7, 11) is 0. The van der Waals surface area contributed by atoms with Crippen LogP contribution in [0, 0.1) is 0 Å². The minimum Gasteiger partial charge on any atom is -0.392 e. The second-order valence-corrected chi connectivity index (χ2v) is 5.20. The molecule has 0 aliphatic heterocycles. The lowest BCUT2D eigenvalue weighted by Gasteiger charge is -2.08. The van der Waals surface area contributed by atoms with Gasteiger partial charge in [-0.2, -0.15) is 0 Å². The Morgan fingerprint density at radius 2 is 2.22 bits per heavy atom. The number of rotatable bonds is 6. The standard InChI is InChI=1S/C12H16BrClN2O2/c1-8(17)7-15-4-5-16-12(18)9-2-3-11(14)10(13)6-9/h2-3,6,8,15,17H,4-5,7H2,1H3,(H,16,18). The van der Waals surface area contributed by atoms with Crippen LogP contribution in [0.5, 0.6) is 0 Å². The van der Waals surface area contributed by atoms with Crippen molar-refractivity contribution in [2.45, 2.75) is 13.0 Å². The predicted octanol–water partition coefficient (Wildman–Crippen LogP) is 1.80. The van der Waals surface area contributed by atoms with E-state index in [0.29, 0.717) is 34.7 Å². The smallest absolute Gasteiger partial charge is 0.251 e. The predicted molar refractivity (Wildman–Crippen MR) is 76.0 cm³/mol. The molecule has 18 heavy (non-hydrogen) atoms. The molecule has 100 valence electrons. The summed E-state index contributed by atoms with van der Waals surface area (Å²) >= 11 is 9.12. The summed E-state index contributed by atoms with van der Waals surface area (Å²) in [5, 5.41) is 15.4. The minimum absolute atomic E-state index is 0.147. The molecule has 6 heteroatoms. The third-order valence-corrected chi connectivity index (χ3v) is 3.42. The maximum Gasteiger partial charge on any atom is 0.251 e. The molecule has 0 saturated carbocycles. The molecule has 0 heterocycles. The van der Waals surface area contributed by atoms with Crippen molar-refractivity contribution < 1.29 is 9.90 Å². The zero-order valence-corrected chi connectivity index (χ0v) is 12.4. The van der Waals surface area contributed by atoms with E-state index in [1.54, 1.807) is 25.1 Å². The number of amides is 1. The summed E-state index contributed by atoms with van der Waals surface area (Å²) < 4.78 is 0.698. The van der Waals surface area contributed by atoms with Gasteiger partial charge in [-0.1, -0.05) is 11.6 Å². The highest BCUT2D eigenvalue weighted by Crippen LogP contribution is 2.22. The van der Waals surface area contributed by atoms with E-state index in [4.69, 9.17) is 16.7 Å². The van der Waals surface area contributed by atoms with Crippen molar-refractivity contribution in [2.75, 3.05) is 19.6 Å². The fourth-order valence-corrected chi connectivity index (χ4v) is 1.81. The van der Waals surface area contributed by atoms with Gasteiger partial charge in [-0.25, -0.2) is 0 Å². The Balaban J connectivity index is 2.34. The van der Waals surface area contributed by atoms with E-state index >= 15 is 0 Å². The first-order chi connectivity index (χ1) is 8.50. The van der Waals surface area contributed by atoms with Crippen molar-refractivity contribution in [1.82, 2.24) is 10.6 Å². The zero-order valence-electron chi connectivity index (χ0n) is 10.0. The largest absolute Gasteiger partial charge is 0.392 e. The Hall–Kier alpha value is -0.620. The van der Waals surface area contributed by atoms with E-state index in [2.05, 4.69) is 26.6 Å². The molecule has 1 unspecified atom stereocenters. The highest BCUT2D eigenvalue weighted by atomic mass is 79.9. The van der Waals surface area contributed by atoms with E-state index in [9.17, 15) is 4.79 Å². The summed E-state index contributed by atoms with van der Waals surface area (Å²) in [6, 6.07) is 5.03. The SMILES string of the molecule is CC(O)CNCCNC(=O)c1ccc(Cl)c(Br)c1. The number of nitrogens with one attached hydrogen (secondary N) is 2. The lowest BCUT2D eigenvalue weighted by molar-refractivity contribution is 0.0953. The number of aliphatic hydroxyl groups is 1. The number of carbonyl (C=O) groups is 1. The molecule has 0 fully saturated rings. The third kappa shape index (κ3) is 5.35. The third-order valence-electron chi connectivity index (χ3n) is 2.21. The molecule has 1 amide bonds. The Labute approximate surface area is 120 Å². The monoisotopic (exact) mass is 334 g/mol. The van der Waals surface area contributed by atoms with Crippen molar-refractivity contribution in [3.63, 3.8) is 0 Å². The minimum atomic E-state index is -0.382. The molecule has 0 aliphatic carbocycles. The number of benzene rings is 1. The van der Waals surface area contributed by atoms with Crippen molar-refractivity contribution in [2.24, 2.45) is 0 Å². The van der Waals surface area contributed by atoms with Gasteiger partial charge in [-0.05, 0) is 41.1 Å². The molecule has 0 saturated heterocycles. The van der Waals surface area contributed by atoms with E-state index < -0.39 is 0 Å². The molecule has 0 aliphatic rings. The second kappa shape index (κ2) is 7.74. The van der Waals surface area contributed by atoms with E-state index in [0.717, 1.165) is 0 Å². The molecule has 1 atom stereocenters.